The highest BCUT2D eigenvalue weighted by Gasteiger charge is 2.13. The van der Waals surface area contributed by atoms with Gasteiger partial charge in [-0.05, 0) is 48.9 Å². The van der Waals surface area contributed by atoms with Crippen molar-refractivity contribution in [1.29, 1.82) is 0 Å². The maximum Gasteiger partial charge on any atom is 0.261 e. The Kier molecular flexibility index (Phi) is 4.49. The highest BCUT2D eigenvalue weighted by atomic mass is 35.7. The minimum Gasteiger partial charge on any atom is -0.456 e. The first kappa shape index (κ1) is 15.4. The first-order valence-corrected chi connectivity index (χ1v) is 8.52. The van der Waals surface area contributed by atoms with Crippen LogP contribution in [0.4, 0.5) is 0 Å². The van der Waals surface area contributed by atoms with Gasteiger partial charge in [0.15, 0.2) is 0 Å². The number of halogens is 3. The molecule has 0 spiro atoms. The average molecular weight is 352 g/mol. The van der Waals surface area contributed by atoms with Crippen molar-refractivity contribution in [3.05, 3.63) is 52.0 Å². The zero-order valence-corrected chi connectivity index (χ0v) is 13.3. The van der Waals surface area contributed by atoms with Crippen molar-refractivity contribution in [2.45, 2.75) is 11.8 Å². The van der Waals surface area contributed by atoms with E-state index in [9.17, 15) is 8.42 Å². The normalized spacial score (nSPS) is 11.4. The van der Waals surface area contributed by atoms with E-state index in [1.54, 1.807) is 18.2 Å². The zero-order valence-electron chi connectivity index (χ0n) is 10.2. The lowest BCUT2D eigenvalue weighted by molar-refractivity contribution is 0.478. The maximum atomic E-state index is 11.2. The van der Waals surface area contributed by atoms with Gasteiger partial charge in [-0.3, -0.25) is 0 Å². The van der Waals surface area contributed by atoms with Crippen LogP contribution in [0.5, 0.6) is 11.5 Å². The smallest absolute Gasteiger partial charge is 0.261 e. The first-order chi connectivity index (χ1) is 9.27. The third-order valence-corrected chi connectivity index (χ3v) is 4.42. The number of benzene rings is 2. The summed E-state index contributed by atoms with van der Waals surface area (Å²) in [5.41, 5.74) is 0.836. The molecule has 3 nitrogen and oxygen atoms in total. The van der Waals surface area contributed by atoms with Crippen molar-refractivity contribution in [2.24, 2.45) is 0 Å². The summed E-state index contributed by atoms with van der Waals surface area (Å²) in [6.07, 6.45) is 0. The van der Waals surface area contributed by atoms with Crippen LogP contribution in [-0.2, 0) is 9.05 Å². The second-order valence-corrected chi connectivity index (χ2v) is 7.45. The third-order valence-electron chi connectivity index (χ3n) is 2.54. The number of hydrogen-bond acceptors (Lipinski definition) is 3. The van der Waals surface area contributed by atoms with E-state index in [0.29, 0.717) is 16.5 Å². The van der Waals surface area contributed by atoms with E-state index < -0.39 is 9.05 Å². The molecule has 0 saturated heterocycles. The van der Waals surface area contributed by atoms with Crippen molar-refractivity contribution >= 4 is 42.9 Å². The summed E-state index contributed by atoms with van der Waals surface area (Å²) in [5, 5.41) is 0.755. The Morgan fingerprint density at radius 3 is 2.20 bits per heavy atom. The van der Waals surface area contributed by atoms with E-state index in [1.165, 1.54) is 18.2 Å². The molecule has 0 atom stereocenters. The van der Waals surface area contributed by atoms with Gasteiger partial charge in [-0.15, -0.1) is 0 Å². The topological polar surface area (TPSA) is 43.4 Å². The molecule has 0 aliphatic rings. The molecule has 0 unspecified atom stereocenters. The molecule has 0 N–H and O–H groups in total. The van der Waals surface area contributed by atoms with Crippen molar-refractivity contribution in [3.8, 4) is 11.5 Å². The Bertz CT molecular complexity index is 757. The molecule has 2 rings (SSSR count). The highest BCUT2D eigenvalue weighted by Crippen LogP contribution is 2.34. The fourth-order valence-electron chi connectivity index (χ4n) is 1.56. The van der Waals surface area contributed by atoms with E-state index in [2.05, 4.69) is 0 Å². The van der Waals surface area contributed by atoms with E-state index in [1.807, 2.05) is 6.92 Å². The van der Waals surface area contributed by atoms with Crippen LogP contribution in [0, 0.1) is 6.92 Å². The molecule has 0 radical (unpaired) electrons. The average Bonchev–Trinajstić information content (AvgIpc) is 2.33. The summed E-state index contributed by atoms with van der Waals surface area (Å²) >= 11 is 11.9. The predicted molar refractivity (Wildman–Crippen MR) is 80.8 cm³/mol. The van der Waals surface area contributed by atoms with E-state index in [4.69, 9.17) is 38.6 Å². The Hall–Kier alpha value is -0.940. The molecule has 0 bridgehead atoms. The van der Waals surface area contributed by atoms with E-state index >= 15 is 0 Å². The summed E-state index contributed by atoms with van der Waals surface area (Å²) in [7, 11) is 1.43. The van der Waals surface area contributed by atoms with Gasteiger partial charge in [-0.1, -0.05) is 23.2 Å². The second-order valence-electron chi connectivity index (χ2n) is 4.04. The van der Waals surface area contributed by atoms with Gasteiger partial charge in [0, 0.05) is 15.7 Å². The standard InChI is InChI=1S/C13H9Cl3O3S/c1-8-6-9(14)2-4-12(8)19-13-5-3-10(7-11(13)15)20(16,17)18/h2-7H,1H3. The Labute approximate surface area is 131 Å². The molecule has 7 heteroatoms. The van der Waals surface area contributed by atoms with Gasteiger partial charge >= 0.3 is 0 Å². The molecule has 2 aromatic carbocycles. The lowest BCUT2D eigenvalue weighted by Crippen LogP contribution is -1.93. The van der Waals surface area contributed by atoms with E-state index in [0.717, 1.165) is 5.56 Å². The monoisotopic (exact) mass is 350 g/mol. The molecular formula is C13H9Cl3O3S. The number of aryl methyl sites for hydroxylation is 1. The molecular weight excluding hydrogens is 343 g/mol. The fraction of sp³-hybridized carbons (Fsp3) is 0.0769. The summed E-state index contributed by atoms with van der Waals surface area (Å²) < 4.78 is 28.0. The Morgan fingerprint density at radius 1 is 1.00 bits per heavy atom. The van der Waals surface area contributed by atoms with Crippen LogP contribution >= 0.6 is 33.9 Å². The predicted octanol–water partition coefficient (Wildman–Crippen LogP) is 5.02. The molecule has 20 heavy (non-hydrogen) atoms. The first-order valence-electron chi connectivity index (χ1n) is 5.45. The quantitative estimate of drug-likeness (QED) is 0.729. The fourth-order valence-corrected chi connectivity index (χ4v) is 2.85. The summed E-state index contributed by atoms with van der Waals surface area (Å²) in [6, 6.07) is 9.17. The number of ether oxygens (including phenoxy) is 1. The lowest BCUT2D eigenvalue weighted by atomic mass is 10.2. The molecule has 0 fully saturated rings. The second kappa shape index (κ2) is 5.82. The van der Waals surface area contributed by atoms with Crippen molar-refractivity contribution in [2.75, 3.05) is 0 Å². The molecule has 0 aliphatic heterocycles. The summed E-state index contributed by atoms with van der Waals surface area (Å²) in [4.78, 5) is -0.0793. The van der Waals surface area contributed by atoms with Gasteiger partial charge in [-0.2, -0.15) is 0 Å². The largest absolute Gasteiger partial charge is 0.456 e. The van der Waals surface area contributed by atoms with Crippen molar-refractivity contribution < 1.29 is 13.2 Å². The van der Waals surface area contributed by atoms with Crippen molar-refractivity contribution in [1.82, 2.24) is 0 Å². The van der Waals surface area contributed by atoms with Crippen LogP contribution in [-0.4, -0.2) is 8.42 Å². The van der Waals surface area contributed by atoms with Crippen LogP contribution in [0.2, 0.25) is 10.0 Å². The van der Waals surface area contributed by atoms with Crippen LogP contribution in [0.3, 0.4) is 0 Å². The maximum absolute atomic E-state index is 11.2. The Morgan fingerprint density at radius 2 is 1.65 bits per heavy atom. The zero-order chi connectivity index (χ0) is 14.9. The van der Waals surface area contributed by atoms with Gasteiger partial charge < -0.3 is 4.74 Å². The third kappa shape index (κ3) is 3.58. The Balaban J connectivity index is 2.35. The van der Waals surface area contributed by atoms with Gasteiger partial charge in [-0.25, -0.2) is 8.42 Å². The minimum atomic E-state index is -3.81. The van der Waals surface area contributed by atoms with E-state index in [-0.39, 0.29) is 9.92 Å². The number of rotatable bonds is 3. The molecule has 0 heterocycles. The van der Waals surface area contributed by atoms with Crippen LogP contribution in [0.1, 0.15) is 5.56 Å². The molecule has 0 amide bonds. The van der Waals surface area contributed by atoms with Crippen LogP contribution < -0.4 is 4.74 Å². The molecule has 106 valence electrons. The van der Waals surface area contributed by atoms with Crippen LogP contribution in [0.25, 0.3) is 0 Å². The molecule has 2 aromatic rings. The van der Waals surface area contributed by atoms with Gasteiger partial charge in [0.25, 0.3) is 9.05 Å². The molecule has 0 saturated carbocycles. The molecule has 0 aliphatic carbocycles. The van der Waals surface area contributed by atoms with Gasteiger partial charge in [0.05, 0.1) is 9.92 Å². The summed E-state index contributed by atoms with van der Waals surface area (Å²) in [6.45, 7) is 1.84. The number of hydrogen-bond donors (Lipinski definition) is 0. The molecule has 0 aromatic heterocycles. The lowest BCUT2D eigenvalue weighted by Gasteiger charge is -2.10. The van der Waals surface area contributed by atoms with Crippen molar-refractivity contribution in [3.63, 3.8) is 0 Å². The summed E-state index contributed by atoms with van der Waals surface area (Å²) in [5.74, 6) is 0.916. The SMILES string of the molecule is Cc1cc(Cl)ccc1Oc1ccc(S(=O)(=O)Cl)cc1Cl. The van der Waals surface area contributed by atoms with Gasteiger partial charge in [0.1, 0.15) is 11.5 Å². The minimum absolute atomic E-state index is 0.0793. The van der Waals surface area contributed by atoms with Gasteiger partial charge in [0.2, 0.25) is 0 Å². The highest BCUT2D eigenvalue weighted by molar-refractivity contribution is 8.13. The van der Waals surface area contributed by atoms with Crippen LogP contribution in [0.15, 0.2) is 41.3 Å².